The second kappa shape index (κ2) is 5.50. The largest absolute Gasteiger partial charge is 0.339 e. The van der Waals surface area contributed by atoms with Crippen molar-refractivity contribution in [1.82, 2.24) is 4.90 Å². The number of unbranched alkanes of at least 4 members (excludes halogenated alkanes) is 3. The first-order valence-corrected chi connectivity index (χ1v) is 6.18. The van der Waals surface area contributed by atoms with Crippen LogP contribution in [0.15, 0.2) is 0 Å². The lowest BCUT2D eigenvalue weighted by atomic mass is 9.88. The first-order chi connectivity index (χ1) is 7.11. The van der Waals surface area contributed by atoms with Crippen LogP contribution in [0.25, 0.3) is 0 Å². The molecule has 3 heteroatoms. The third kappa shape index (κ3) is 3.49. The van der Waals surface area contributed by atoms with Gasteiger partial charge in [-0.15, -0.1) is 0 Å². The van der Waals surface area contributed by atoms with Crippen molar-refractivity contribution in [3.8, 4) is 0 Å². The van der Waals surface area contributed by atoms with Gasteiger partial charge in [-0.05, 0) is 12.8 Å². The summed E-state index contributed by atoms with van der Waals surface area (Å²) in [4.78, 5) is 13.6. The first kappa shape index (κ1) is 12.5. The smallest absolute Gasteiger partial charge is 0.222 e. The molecular formula is C12H24N2O. The van der Waals surface area contributed by atoms with Gasteiger partial charge in [0.15, 0.2) is 0 Å². The Morgan fingerprint density at radius 1 is 1.27 bits per heavy atom. The highest BCUT2D eigenvalue weighted by molar-refractivity contribution is 5.77. The Morgan fingerprint density at radius 2 is 1.93 bits per heavy atom. The molecule has 0 aromatic carbocycles. The molecule has 1 aliphatic heterocycles. The molecule has 1 amide bonds. The molecule has 1 rings (SSSR count). The van der Waals surface area contributed by atoms with E-state index in [1.807, 2.05) is 4.90 Å². The summed E-state index contributed by atoms with van der Waals surface area (Å²) in [6.07, 6.45) is 6.35. The predicted octanol–water partition coefficient (Wildman–Crippen LogP) is 1.91. The minimum Gasteiger partial charge on any atom is -0.339 e. The minimum absolute atomic E-state index is 0.0842. The molecule has 2 N–H and O–H groups in total. The molecule has 0 bridgehead atoms. The molecule has 0 aromatic rings. The number of carbonyl (C=O) groups is 1. The van der Waals surface area contributed by atoms with Crippen LogP contribution in [0.4, 0.5) is 0 Å². The van der Waals surface area contributed by atoms with E-state index in [1.54, 1.807) is 0 Å². The van der Waals surface area contributed by atoms with Crippen molar-refractivity contribution in [3.05, 3.63) is 0 Å². The predicted molar refractivity (Wildman–Crippen MR) is 62.5 cm³/mol. The fourth-order valence-electron chi connectivity index (χ4n) is 1.97. The number of carbonyl (C=O) groups excluding carboxylic acids is 1. The van der Waals surface area contributed by atoms with Gasteiger partial charge in [0.2, 0.25) is 5.91 Å². The summed E-state index contributed by atoms with van der Waals surface area (Å²) in [5, 5.41) is 0. The van der Waals surface area contributed by atoms with Crippen LogP contribution < -0.4 is 5.73 Å². The van der Waals surface area contributed by atoms with Crippen molar-refractivity contribution in [3.63, 3.8) is 0 Å². The van der Waals surface area contributed by atoms with E-state index in [4.69, 9.17) is 5.73 Å². The molecule has 88 valence electrons. The molecule has 1 heterocycles. The molecule has 0 radical (unpaired) electrons. The van der Waals surface area contributed by atoms with Crippen LogP contribution in [0.1, 0.15) is 52.4 Å². The Kier molecular flexibility index (Phi) is 4.58. The maximum absolute atomic E-state index is 11.7. The Morgan fingerprint density at radius 3 is 2.47 bits per heavy atom. The average Bonchev–Trinajstić information content (AvgIpc) is 2.19. The van der Waals surface area contributed by atoms with Gasteiger partial charge in [-0.1, -0.05) is 33.1 Å². The minimum atomic E-state index is -0.0842. The molecule has 0 aromatic heterocycles. The van der Waals surface area contributed by atoms with Crippen LogP contribution in [-0.2, 0) is 4.79 Å². The van der Waals surface area contributed by atoms with Gasteiger partial charge in [0.25, 0.3) is 0 Å². The van der Waals surface area contributed by atoms with Crippen molar-refractivity contribution < 1.29 is 4.79 Å². The molecular weight excluding hydrogens is 188 g/mol. The molecule has 1 aliphatic rings. The number of nitrogens with zero attached hydrogens (tertiary/aromatic N) is 1. The second-order valence-electron chi connectivity index (χ2n) is 4.78. The lowest BCUT2D eigenvalue weighted by Crippen LogP contribution is -2.68. The van der Waals surface area contributed by atoms with E-state index in [9.17, 15) is 4.79 Å². The highest BCUT2D eigenvalue weighted by Gasteiger charge is 2.39. The summed E-state index contributed by atoms with van der Waals surface area (Å²) in [6, 6.07) is 0. The van der Waals surface area contributed by atoms with Crippen molar-refractivity contribution >= 4 is 5.91 Å². The lowest BCUT2D eigenvalue weighted by molar-refractivity contribution is -0.138. The normalized spacial score (nSPS) is 18.7. The fourth-order valence-corrected chi connectivity index (χ4v) is 1.97. The number of rotatable bonds is 6. The molecule has 1 saturated heterocycles. The maximum Gasteiger partial charge on any atom is 0.222 e. The van der Waals surface area contributed by atoms with Gasteiger partial charge in [-0.2, -0.15) is 0 Å². The molecule has 0 spiro atoms. The van der Waals surface area contributed by atoms with Gasteiger partial charge in [-0.3, -0.25) is 4.79 Å². The van der Waals surface area contributed by atoms with E-state index >= 15 is 0 Å². The number of amides is 1. The molecule has 3 nitrogen and oxygen atoms in total. The zero-order valence-electron chi connectivity index (χ0n) is 10.1. The van der Waals surface area contributed by atoms with Crippen LogP contribution >= 0.6 is 0 Å². The quantitative estimate of drug-likeness (QED) is 0.684. The number of hydrogen-bond acceptors (Lipinski definition) is 2. The maximum atomic E-state index is 11.7. The molecule has 0 aliphatic carbocycles. The van der Waals surface area contributed by atoms with Crippen molar-refractivity contribution in [2.75, 3.05) is 13.1 Å². The molecule has 0 saturated carbocycles. The van der Waals surface area contributed by atoms with Crippen molar-refractivity contribution in [2.24, 2.45) is 5.73 Å². The number of hydrogen-bond donors (Lipinski definition) is 1. The monoisotopic (exact) mass is 212 g/mol. The van der Waals surface area contributed by atoms with Gasteiger partial charge >= 0.3 is 0 Å². The van der Waals surface area contributed by atoms with Crippen LogP contribution in [0.5, 0.6) is 0 Å². The lowest BCUT2D eigenvalue weighted by Gasteiger charge is -2.47. The standard InChI is InChI=1S/C12H24N2O/c1-3-5-6-7-8-11(15)14-9-12(13,4-2)10-14/h3-10,13H2,1-2H3. The second-order valence-corrected chi connectivity index (χ2v) is 4.78. The van der Waals surface area contributed by atoms with Gasteiger partial charge in [-0.25, -0.2) is 0 Å². The Balaban J connectivity index is 2.10. The van der Waals surface area contributed by atoms with Crippen molar-refractivity contribution in [1.29, 1.82) is 0 Å². The average molecular weight is 212 g/mol. The molecule has 0 atom stereocenters. The van der Waals surface area contributed by atoms with E-state index in [0.29, 0.717) is 12.3 Å². The molecule has 1 fully saturated rings. The Bertz CT molecular complexity index is 210. The van der Waals surface area contributed by atoms with E-state index < -0.39 is 0 Å². The Hall–Kier alpha value is -0.570. The van der Waals surface area contributed by atoms with Gasteiger partial charge in [0.1, 0.15) is 0 Å². The third-order valence-electron chi connectivity index (χ3n) is 3.31. The summed E-state index contributed by atoms with van der Waals surface area (Å²) in [6.45, 7) is 5.79. The van der Waals surface area contributed by atoms with Crippen LogP contribution in [-0.4, -0.2) is 29.4 Å². The summed E-state index contributed by atoms with van der Waals surface area (Å²) in [5.41, 5.74) is 5.93. The summed E-state index contributed by atoms with van der Waals surface area (Å²) < 4.78 is 0. The third-order valence-corrected chi connectivity index (χ3v) is 3.31. The summed E-state index contributed by atoms with van der Waals surface area (Å²) in [5.74, 6) is 0.292. The first-order valence-electron chi connectivity index (χ1n) is 6.18. The van der Waals surface area contributed by atoms with E-state index in [-0.39, 0.29) is 5.54 Å². The van der Waals surface area contributed by atoms with E-state index in [2.05, 4.69) is 13.8 Å². The highest BCUT2D eigenvalue weighted by Crippen LogP contribution is 2.22. The van der Waals surface area contributed by atoms with Crippen molar-refractivity contribution in [2.45, 2.75) is 57.9 Å². The summed E-state index contributed by atoms with van der Waals surface area (Å²) in [7, 11) is 0. The van der Waals surface area contributed by atoms with E-state index in [1.165, 1.54) is 19.3 Å². The van der Waals surface area contributed by atoms with Gasteiger partial charge in [0, 0.05) is 19.5 Å². The van der Waals surface area contributed by atoms with Crippen LogP contribution in [0.2, 0.25) is 0 Å². The fraction of sp³-hybridized carbons (Fsp3) is 0.917. The number of nitrogens with two attached hydrogens (primary N) is 1. The van der Waals surface area contributed by atoms with Crippen LogP contribution in [0, 0.1) is 0 Å². The highest BCUT2D eigenvalue weighted by atomic mass is 16.2. The zero-order valence-corrected chi connectivity index (χ0v) is 10.1. The van der Waals surface area contributed by atoms with E-state index in [0.717, 1.165) is 25.9 Å². The SMILES string of the molecule is CCCCCCC(=O)N1CC(N)(CC)C1. The van der Waals surface area contributed by atoms with Gasteiger partial charge in [0.05, 0.1) is 5.54 Å². The van der Waals surface area contributed by atoms with Crippen LogP contribution in [0.3, 0.4) is 0 Å². The molecule has 15 heavy (non-hydrogen) atoms. The number of likely N-dealkylation sites (tertiary alicyclic amines) is 1. The topological polar surface area (TPSA) is 46.3 Å². The zero-order chi connectivity index (χ0) is 11.3. The Labute approximate surface area is 93.0 Å². The molecule has 0 unspecified atom stereocenters. The summed E-state index contributed by atoms with van der Waals surface area (Å²) >= 11 is 0. The van der Waals surface area contributed by atoms with Gasteiger partial charge < -0.3 is 10.6 Å².